The smallest absolute Gasteiger partial charge is 0.191 e. The van der Waals surface area contributed by atoms with Gasteiger partial charge in [-0.15, -0.1) is 24.0 Å². The lowest BCUT2D eigenvalue weighted by Crippen LogP contribution is -2.52. The summed E-state index contributed by atoms with van der Waals surface area (Å²) >= 11 is 0. The normalized spacial score (nSPS) is 22.1. The summed E-state index contributed by atoms with van der Waals surface area (Å²) in [5.74, 6) is 1.49. The fourth-order valence-electron chi connectivity index (χ4n) is 4.82. The zero-order valence-electron chi connectivity index (χ0n) is 21.0. The van der Waals surface area contributed by atoms with Crippen molar-refractivity contribution >= 4 is 29.9 Å². The lowest BCUT2D eigenvalue weighted by atomic mass is 10.0. The minimum Gasteiger partial charge on any atom is -0.379 e. The summed E-state index contributed by atoms with van der Waals surface area (Å²) in [6.45, 7) is 14.6. The van der Waals surface area contributed by atoms with E-state index in [9.17, 15) is 0 Å². The minimum absolute atomic E-state index is 0. The summed E-state index contributed by atoms with van der Waals surface area (Å²) in [4.78, 5) is 12.1. The van der Waals surface area contributed by atoms with Gasteiger partial charge in [0.25, 0.3) is 0 Å². The van der Waals surface area contributed by atoms with Gasteiger partial charge in [0.1, 0.15) is 0 Å². The van der Waals surface area contributed by atoms with E-state index in [-0.39, 0.29) is 24.0 Å². The first-order chi connectivity index (χ1) is 15.6. The summed E-state index contributed by atoms with van der Waals surface area (Å²) in [5, 5.41) is 7.09. The molecule has 2 heterocycles. The Hall–Kier alpha value is -0.940. The van der Waals surface area contributed by atoms with E-state index in [0.717, 1.165) is 78.0 Å². The summed E-state index contributed by atoms with van der Waals surface area (Å²) in [7, 11) is 4.09. The van der Waals surface area contributed by atoms with E-state index in [1.807, 2.05) is 7.05 Å². The molecule has 0 spiro atoms. The lowest BCUT2D eigenvalue weighted by Gasteiger charge is -2.40. The molecule has 2 aliphatic rings. The van der Waals surface area contributed by atoms with Crippen molar-refractivity contribution in [2.75, 3.05) is 79.7 Å². The Balaban J connectivity index is 0.00000385. The summed E-state index contributed by atoms with van der Waals surface area (Å²) in [6, 6.07) is 11.9. The number of morpholine rings is 1. The van der Waals surface area contributed by atoms with Gasteiger partial charge in [-0.05, 0) is 24.9 Å². The molecule has 0 radical (unpaired) electrons. The molecule has 2 N–H and O–H groups in total. The molecule has 2 fully saturated rings. The van der Waals surface area contributed by atoms with Crippen LogP contribution in [0.3, 0.4) is 0 Å². The molecule has 188 valence electrons. The number of ether oxygens (including phenoxy) is 1. The van der Waals surface area contributed by atoms with Crippen molar-refractivity contribution in [3.8, 4) is 0 Å². The van der Waals surface area contributed by atoms with Crippen LogP contribution in [0.1, 0.15) is 31.9 Å². The molecule has 7 nitrogen and oxygen atoms in total. The van der Waals surface area contributed by atoms with Crippen LogP contribution in [-0.2, 0) is 4.74 Å². The Morgan fingerprint density at radius 1 is 1.09 bits per heavy atom. The number of benzene rings is 1. The zero-order valence-corrected chi connectivity index (χ0v) is 23.3. The number of nitrogens with zero attached hydrogens (tertiary/aromatic N) is 4. The predicted octanol–water partition coefficient (Wildman–Crippen LogP) is 2.51. The number of rotatable bonds is 9. The van der Waals surface area contributed by atoms with E-state index < -0.39 is 0 Å². The molecular formula is C25H45IN6O. The van der Waals surface area contributed by atoms with Crippen molar-refractivity contribution < 1.29 is 4.74 Å². The molecule has 33 heavy (non-hydrogen) atoms. The number of halogens is 1. The molecule has 2 aliphatic heterocycles. The van der Waals surface area contributed by atoms with Gasteiger partial charge in [-0.25, -0.2) is 0 Å². The minimum atomic E-state index is 0. The van der Waals surface area contributed by atoms with Gasteiger partial charge in [0.15, 0.2) is 5.96 Å². The number of piperazine rings is 1. The molecule has 0 bridgehead atoms. The fourth-order valence-corrected chi connectivity index (χ4v) is 4.82. The van der Waals surface area contributed by atoms with Crippen molar-refractivity contribution in [1.82, 2.24) is 25.3 Å². The molecule has 2 unspecified atom stereocenters. The first-order valence-corrected chi connectivity index (χ1v) is 12.3. The van der Waals surface area contributed by atoms with E-state index in [1.165, 1.54) is 5.56 Å². The van der Waals surface area contributed by atoms with Crippen LogP contribution < -0.4 is 10.6 Å². The van der Waals surface area contributed by atoms with Crippen LogP contribution in [0.15, 0.2) is 35.3 Å². The van der Waals surface area contributed by atoms with Gasteiger partial charge in [0.2, 0.25) is 0 Å². The highest BCUT2D eigenvalue weighted by Gasteiger charge is 2.26. The van der Waals surface area contributed by atoms with Crippen LogP contribution in [0.2, 0.25) is 0 Å². The van der Waals surface area contributed by atoms with Gasteiger partial charge >= 0.3 is 0 Å². The maximum atomic E-state index is 5.53. The Kier molecular flexibility index (Phi) is 13.0. The molecule has 0 amide bonds. The second-order valence-corrected chi connectivity index (χ2v) is 9.42. The molecule has 3 rings (SSSR count). The van der Waals surface area contributed by atoms with Crippen LogP contribution >= 0.6 is 24.0 Å². The van der Waals surface area contributed by atoms with Crippen LogP contribution in [0, 0.1) is 5.92 Å². The van der Waals surface area contributed by atoms with Gasteiger partial charge < -0.3 is 20.3 Å². The second kappa shape index (κ2) is 15.1. The van der Waals surface area contributed by atoms with Crippen molar-refractivity contribution in [2.24, 2.45) is 10.9 Å². The average Bonchev–Trinajstić information content (AvgIpc) is 2.82. The SMILES string of the molecule is CN=C(NCCCN1CCN(C)CC1c1ccccc1)NCC(C(C)C)N1CCOCC1.I. The highest BCUT2D eigenvalue weighted by atomic mass is 127. The molecule has 2 atom stereocenters. The van der Waals surface area contributed by atoms with E-state index in [2.05, 4.69) is 81.6 Å². The number of hydrogen-bond donors (Lipinski definition) is 2. The molecule has 8 heteroatoms. The zero-order chi connectivity index (χ0) is 22.8. The largest absolute Gasteiger partial charge is 0.379 e. The van der Waals surface area contributed by atoms with Gasteiger partial charge in [-0.1, -0.05) is 44.2 Å². The van der Waals surface area contributed by atoms with Gasteiger partial charge in [-0.2, -0.15) is 0 Å². The quantitative estimate of drug-likeness (QED) is 0.205. The third kappa shape index (κ3) is 8.98. The Labute approximate surface area is 218 Å². The molecular weight excluding hydrogens is 527 g/mol. The Bertz CT molecular complexity index is 683. The molecule has 0 saturated carbocycles. The number of guanidine groups is 1. The first kappa shape index (κ1) is 28.3. The van der Waals surface area contributed by atoms with Gasteiger partial charge in [0.05, 0.1) is 13.2 Å². The third-order valence-corrected chi connectivity index (χ3v) is 6.78. The number of likely N-dealkylation sites (N-methyl/N-ethyl adjacent to an activating group) is 1. The van der Waals surface area contributed by atoms with Crippen molar-refractivity contribution in [1.29, 1.82) is 0 Å². The second-order valence-electron chi connectivity index (χ2n) is 9.42. The fraction of sp³-hybridized carbons (Fsp3) is 0.720. The number of hydrogen-bond acceptors (Lipinski definition) is 5. The Morgan fingerprint density at radius 2 is 1.82 bits per heavy atom. The standard InChI is InChI=1S/C25H44N6O.HI/c1-21(2)23(31-15-17-32-18-16-31)19-28-25(26-3)27-11-8-12-30-14-13-29(4)20-24(30)22-9-6-5-7-10-22;/h5-7,9-10,21,23-24H,8,11-20H2,1-4H3,(H2,26,27,28);1H. The predicted molar refractivity (Wildman–Crippen MR) is 149 cm³/mol. The Morgan fingerprint density at radius 3 is 2.48 bits per heavy atom. The van der Waals surface area contributed by atoms with Crippen LogP contribution in [-0.4, -0.2) is 106 Å². The molecule has 2 saturated heterocycles. The summed E-state index contributed by atoms with van der Waals surface area (Å²) in [5.41, 5.74) is 1.42. The third-order valence-electron chi connectivity index (χ3n) is 6.78. The molecule has 0 aromatic heterocycles. The number of nitrogens with one attached hydrogen (secondary N) is 2. The molecule has 1 aromatic rings. The van der Waals surface area contributed by atoms with Gasteiger partial charge in [-0.3, -0.25) is 14.8 Å². The maximum Gasteiger partial charge on any atom is 0.191 e. The van der Waals surface area contributed by atoms with Crippen LogP contribution in [0.25, 0.3) is 0 Å². The lowest BCUT2D eigenvalue weighted by molar-refractivity contribution is 0.00752. The highest BCUT2D eigenvalue weighted by Crippen LogP contribution is 2.24. The van der Waals surface area contributed by atoms with Crippen molar-refractivity contribution in [3.05, 3.63) is 35.9 Å². The van der Waals surface area contributed by atoms with Crippen LogP contribution in [0.5, 0.6) is 0 Å². The van der Waals surface area contributed by atoms with E-state index in [4.69, 9.17) is 4.74 Å². The van der Waals surface area contributed by atoms with E-state index in [0.29, 0.717) is 18.0 Å². The molecule has 1 aromatic carbocycles. The maximum absolute atomic E-state index is 5.53. The first-order valence-electron chi connectivity index (χ1n) is 12.3. The van der Waals surface area contributed by atoms with Gasteiger partial charge in [0, 0.05) is 71.5 Å². The monoisotopic (exact) mass is 572 g/mol. The van der Waals surface area contributed by atoms with E-state index >= 15 is 0 Å². The van der Waals surface area contributed by atoms with Crippen molar-refractivity contribution in [3.63, 3.8) is 0 Å². The topological polar surface area (TPSA) is 55.4 Å². The van der Waals surface area contributed by atoms with Crippen LogP contribution in [0.4, 0.5) is 0 Å². The highest BCUT2D eigenvalue weighted by molar-refractivity contribution is 14.0. The summed E-state index contributed by atoms with van der Waals surface area (Å²) in [6.07, 6.45) is 1.10. The molecule has 0 aliphatic carbocycles. The van der Waals surface area contributed by atoms with Crippen molar-refractivity contribution in [2.45, 2.75) is 32.4 Å². The van der Waals surface area contributed by atoms with E-state index in [1.54, 1.807) is 0 Å². The average molecular weight is 573 g/mol. The number of aliphatic imine (C=N–C) groups is 1. The summed E-state index contributed by atoms with van der Waals surface area (Å²) < 4.78 is 5.53.